The number of benzene rings is 1. The van der Waals surface area contributed by atoms with Crippen LogP contribution in [0.2, 0.25) is 0 Å². The summed E-state index contributed by atoms with van der Waals surface area (Å²) in [5.74, 6) is 1.34. The Labute approximate surface area is 120 Å². The van der Waals surface area contributed by atoms with Crippen molar-refractivity contribution >= 4 is 5.82 Å². The van der Waals surface area contributed by atoms with Crippen LogP contribution in [0.1, 0.15) is 11.3 Å². The summed E-state index contributed by atoms with van der Waals surface area (Å²) in [5, 5.41) is 7.08. The zero-order valence-corrected chi connectivity index (χ0v) is 11.5. The van der Waals surface area contributed by atoms with Gasteiger partial charge in [0.05, 0.1) is 6.33 Å². The molecule has 0 unspecified atom stereocenters. The fraction of sp³-hybridized carbons (Fsp3) is 0.133. The number of hydrogen-bond acceptors (Lipinski definition) is 5. The fourth-order valence-electron chi connectivity index (χ4n) is 1.95. The maximum Gasteiger partial charge on any atom is 0.252 e. The molecular formula is C15H14N4O2. The first-order valence-electron chi connectivity index (χ1n) is 6.52. The van der Waals surface area contributed by atoms with E-state index < -0.39 is 0 Å². The normalized spacial score (nSPS) is 10.5. The standard InChI is InChI=1S/C15H14N4O2/c1-10-6-13(19-21-10)12-4-2-11(3-5-12)8-16-14-7-15(20)18-9-17-14/h2-7,9H,8H2,1H3,(H2,16,17,18,20). The van der Waals surface area contributed by atoms with Gasteiger partial charge in [0.2, 0.25) is 0 Å². The van der Waals surface area contributed by atoms with Crippen LogP contribution in [0.3, 0.4) is 0 Å². The summed E-state index contributed by atoms with van der Waals surface area (Å²) in [6, 6.07) is 11.3. The minimum atomic E-state index is -0.177. The first kappa shape index (κ1) is 13.1. The molecule has 1 aromatic carbocycles. The molecule has 0 fully saturated rings. The number of hydrogen-bond donors (Lipinski definition) is 2. The molecule has 0 spiro atoms. The monoisotopic (exact) mass is 282 g/mol. The lowest BCUT2D eigenvalue weighted by Gasteiger charge is -2.05. The van der Waals surface area contributed by atoms with E-state index in [9.17, 15) is 4.79 Å². The van der Waals surface area contributed by atoms with Crippen molar-refractivity contribution in [3.63, 3.8) is 0 Å². The van der Waals surface area contributed by atoms with Gasteiger partial charge in [0.15, 0.2) is 0 Å². The maximum atomic E-state index is 11.2. The molecule has 3 rings (SSSR count). The van der Waals surface area contributed by atoms with Crippen molar-refractivity contribution < 1.29 is 4.52 Å². The number of anilines is 1. The van der Waals surface area contributed by atoms with Gasteiger partial charge in [-0.25, -0.2) is 4.98 Å². The van der Waals surface area contributed by atoms with Crippen molar-refractivity contribution in [1.82, 2.24) is 15.1 Å². The summed E-state index contributed by atoms with van der Waals surface area (Å²) in [5.41, 5.74) is 2.73. The highest BCUT2D eigenvalue weighted by Crippen LogP contribution is 2.19. The van der Waals surface area contributed by atoms with Crippen molar-refractivity contribution in [3.8, 4) is 11.3 Å². The third-order valence-corrected chi connectivity index (χ3v) is 3.03. The molecule has 2 N–H and O–H groups in total. The quantitative estimate of drug-likeness (QED) is 0.767. The molecule has 0 aliphatic rings. The average molecular weight is 282 g/mol. The van der Waals surface area contributed by atoms with Crippen LogP contribution in [0.25, 0.3) is 11.3 Å². The van der Waals surface area contributed by atoms with Crippen LogP contribution < -0.4 is 10.9 Å². The van der Waals surface area contributed by atoms with Gasteiger partial charge < -0.3 is 14.8 Å². The largest absolute Gasteiger partial charge is 0.366 e. The Bertz CT molecular complexity index is 790. The summed E-state index contributed by atoms with van der Waals surface area (Å²) in [4.78, 5) is 17.7. The molecular weight excluding hydrogens is 268 g/mol. The van der Waals surface area contributed by atoms with Gasteiger partial charge in [-0.2, -0.15) is 0 Å². The molecule has 106 valence electrons. The number of nitrogens with one attached hydrogen (secondary N) is 2. The molecule has 2 aromatic heterocycles. The summed E-state index contributed by atoms with van der Waals surface area (Å²) in [6.07, 6.45) is 1.38. The van der Waals surface area contributed by atoms with E-state index in [1.807, 2.05) is 37.3 Å². The number of rotatable bonds is 4. The molecule has 3 aromatic rings. The highest BCUT2D eigenvalue weighted by Gasteiger charge is 2.03. The summed E-state index contributed by atoms with van der Waals surface area (Å²) >= 11 is 0. The molecule has 0 atom stereocenters. The second kappa shape index (κ2) is 5.62. The lowest BCUT2D eigenvalue weighted by Crippen LogP contribution is -2.08. The summed E-state index contributed by atoms with van der Waals surface area (Å²) in [7, 11) is 0. The van der Waals surface area contributed by atoms with Crippen molar-refractivity contribution in [2.45, 2.75) is 13.5 Å². The molecule has 0 aliphatic heterocycles. The lowest BCUT2D eigenvalue weighted by molar-refractivity contribution is 0.399. The molecule has 0 aliphatic carbocycles. The van der Waals surface area contributed by atoms with E-state index in [0.29, 0.717) is 12.4 Å². The number of nitrogens with zero attached hydrogens (tertiary/aromatic N) is 2. The molecule has 0 bridgehead atoms. The highest BCUT2D eigenvalue weighted by atomic mass is 16.5. The lowest BCUT2D eigenvalue weighted by atomic mass is 10.1. The van der Waals surface area contributed by atoms with Crippen LogP contribution in [-0.2, 0) is 6.54 Å². The van der Waals surface area contributed by atoms with E-state index in [1.165, 1.54) is 12.4 Å². The zero-order chi connectivity index (χ0) is 14.7. The number of aromatic nitrogens is 3. The predicted octanol–water partition coefficient (Wildman–Crippen LogP) is 2.35. The van der Waals surface area contributed by atoms with Gasteiger partial charge in [-0.1, -0.05) is 29.4 Å². The number of aryl methyl sites for hydroxylation is 1. The topological polar surface area (TPSA) is 83.8 Å². The molecule has 2 heterocycles. The molecule has 0 saturated carbocycles. The Hall–Kier alpha value is -2.89. The number of H-pyrrole nitrogens is 1. The Kier molecular flexibility index (Phi) is 3.51. The average Bonchev–Trinajstić information content (AvgIpc) is 2.92. The Morgan fingerprint density at radius 1 is 1.24 bits per heavy atom. The van der Waals surface area contributed by atoms with Crippen LogP contribution in [0.5, 0.6) is 0 Å². The Morgan fingerprint density at radius 2 is 2.05 bits per heavy atom. The van der Waals surface area contributed by atoms with E-state index in [2.05, 4.69) is 20.4 Å². The third kappa shape index (κ3) is 3.17. The second-order valence-corrected chi connectivity index (χ2v) is 4.67. The maximum absolute atomic E-state index is 11.2. The minimum absolute atomic E-state index is 0.177. The van der Waals surface area contributed by atoms with Gasteiger partial charge in [-0.3, -0.25) is 4.79 Å². The van der Waals surface area contributed by atoms with Crippen LogP contribution in [0, 0.1) is 6.92 Å². The van der Waals surface area contributed by atoms with Crippen LogP contribution >= 0.6 is 0 Å². The van der Waals surface area contributed by atoms with Gasteiger partial charge in [0.25, 0.3) is 5.56 Å². The Morgan fingerprint density at radius 3 is 2.71 bits per heavy atom. The van der Waals surface area contributed by atoms with Gasteiger partial charge in [0, 0.05) is 24.2 Å². The van der Waals surface area contributed by atoms with Crippen LogP contribution in [-0.4, -0.2) is 15.1 Å². The van der Waals surface area contributed by atoms with Gasteiger partial charge >= 0.3 is 0 Å². The van der Waals surface area contributed by atoms with E-state index in [1.54, 1.807) is 0 Å². The van der Waals surface area contributed by atoms with Crippen molar-refractivity contribution in [3.05, 3.63) is 64.4 Å². The first-order chi connectivity index (χ1) is 10.2. The van der Waals surface area contributed by atoms with Crippen LogP contribution in [0.4, 0.5) is 5.82 Å². The predicted molar refractivity (Wildman–Crippen MR) is 78.9 cm³/mol. The third-order valence-electron chi connectivity index (χ3n) is 3.03. The van der Waals surface area contributed by atoms with Gasteiger partial charge in [-0.05, 0) is 12.5 Å². The van der Waals surface area contributed by atoms with Crippen molar-refractivity contribution in [2.75, 3.05) is 5.32 Å². The number of aromatic amines is 1. The molecule has 0 radical (unpaired) electrons. The van der Waals surface area contributed by atoms with Crippen molar-refractivity contribution in [2.24, 2.45) is 0 Å². The Balaban J connectivity index is 1.68. The second-order valence-electron chi connectivity index (χ2n) is 4.67. The first-order valence-corrected chi connectivity index (χ1v) is 6.52. The zero-order valence-electron chi connectivity index (χ0n) is 11.5. The summed E-state index contributed by atoms with van der Waals surface area (Å²) < 4.78 is 5.06. The molecule has 0 amide bonds. The van der Waals surface area contributed by atoms with E-state index >= 15 is 0 Å². The molecule has 21 heavy (non-hydrogen) atoms. The SMILES string of the molecule is Cc1cc(-c2ccc(CNc3cc(=O)[nH]cn3)cc2)no1. The van der Waals surface area contributed by atoms with Crippen LogP contribution in [0.15, 0.2) is 52.0 Å². The van der Waals surface area contributed by atoms with E-state index in [-0.39, 0.29) is 5.56 Å². The van der Waals surface area contributed by atoms with Crippen molar-refractivity contribution in [1.29, 1.82) is 0 Å². The molecule has 0 saturated heterocycles. The molecule has 6 heteroatoms. The highest BCUT2D eigenvalue weighted by molar-refractivity contribution is 5.59. The molecule has 6 nitrogen and oxygen atoms in total. The van der Waals surface area contributed by atoms with Gasteiger partial charge in [0.1, 0.15) is 17.3 Å². The minimum Gasteiger partial charge on any atom is -0.366 e. The van der Waals surface area contributed by atoms with Gasteiger partial charge in [-0.15, -0.1) is 0 Å². The summed E-state index contributed by atoms with van der Waals surface area (Å²) in [6.45, 7) is 2.46. The van der Waals surface area contributed by atoms with E-state index in [4.69, 9.17) is 4.52 Å². The van der Waals surface area contributed by atoms with E-state index in [0.717, 1.165) is 22.6 Å². The fourth-order valence-corrected chi connectivity index (χ4v) is 1.95. The smallest absolute Gasteiger partial charge is 0.252 e.